The van der Waals surface area contributed by atoms with Gasteiger partial charge in [-0.15, -0.1) is 15.3 Å². The van der Waals surface area contributed by atoms with E-state index in [4.69, 9.17) is 10.1 Å². The molecule has 0 aliphatic heterocycles. The number of H-pyrrole nitrogens is 1. The average Bonchev–Trinajstić information content (AvgIpc) is 3.13. The Morgan fingerprint density at radius 2 is 1.94 bits per heavy atom. The van der Waals surface area contributed by atoms with Crippen LogP contribution in [0.1, 0.15) is 11.3 Å². The van der Waals surface area contributed by atoms with Gasteiger partial charge in [-0.3, -0.25) is 0 Å². The van der Waals surface area contributed by atoms with Crippen molar-refractivity contribution in [3.05, 3.63) is 53.7 Å². The molecule has 0 aliphatic rings. The lowest BCUT2D eigenvalue weighted by Gasteiger charge is -2.17. The molecule has 0 fully saturated rings. The second kappa shape index (κ2) is 9.37. The summed E-state index contributed by atoms with van der Waals surface area (Å²) in [5.41, 5.74) is 3.52. The standard InChI is InChI=1S/C21H24BN7O3S/c1-12-17(18-15(25-12)8-5-9-16(18)33(23)32)19-26-20(21(28-27-19)29(2)3)24-11-13-6-4-7-14(10-13)22(30)31/h4-10,25,30-31H,11,23H2,1-3H3,(H,24,26,27). The highest BCUT2D eigenvalue weighted by atomic mass is 32.2. The normalized spacial score (nSPS) is 12.1. The summed E-state index contributed by atoms with van der Waals surface area (Å²) >= 11 is -1.69. The number of hydrogen-bond donors (Lipinski definition) is 5. The Morgan fingerprint density at radius 3 is 2.64 bits per heavy atom. The molecule has 1 unspecified atom stereocenters. The van der Waals surface area contributed by atoms with Crippen molar-refractivity contribution in [1.82, 2.24) is 20.2 Å². The zero-order valence-electron chi connectivity index (χ0n) is 18.4. The van der Waals surface area contributed by atoms with Crippen LogP contribution < -0.4 is 20.8 Å². The van der Waals surface area contributed by atoms with E-state index < -0.39 is 18.5 Å². The van der Waals surface area contributed by atoms with E-state index in [0.717, 1.165) is 16.8 Å². The third-order valence-corrected chi connectivity index (χ3v) is 5.99. The van der Waals surface area contributed by atoms with E-state index in [1.807, 2.05) is 33.2 Å². The van der Waals surface area contributed by atoms with Crippen molar-refractivity contribution in [3.63, 3.8) is 0 Å². The van der Waals surface area contributed by atoms with E-state index in [-0.39, 0.29) is 0 Å². The molecule has 2 aromatic carbocycles. The molecule has 4 aromatic rings. The molecule has 12 heteroatoms. The summed E-state index contributed by atoms with van der Waals surface area (Å²) in [6.45, 7) is 2.27. The number of benzene rings is 2. The van der Waals surface area contributed by atoms with Gasteiger partial charge < -0.3 is 29.8 Å². The number of rotatable bonds is 7. The fraction of sp³-hybridized carbons (Fsp3) is 0.190. The summed E-state index contributed by atoms with van der Waals surface area (Å²) in [6.07, 6.45) is 0. The Hall–Kier alpha value is -3.16. The lowest BCUT2D eigenvalue weighted by atomic mass is 9.80. The second-order valence-corrected chi connectivity index (χ2v) is 8.81. The van der Waals surface area contributed by atoms with E-state index in [1.54, 1.807) is 35.2 Å². The zero-order valence-corrected chi connectivity index (χ0v) is 19.2. The van der Waals surface area contributed by atoms with Crippen LogP contribution in [0.4, 0.5) is 11.6 Å². The van der Waals surface area contributed by atoms with Gasteiger partial charge in [0.1, 0.15) is 0 Å². The van der Waals surface area contributed by atoms with Gasteiger partial charge in [-0.05, 0) is 30.1 Å². The topological polar surface area (TPSA) is 159 Å². The van der Waals surface area contributed by atoms with Gasteiger partial charge in [0.2, 0.25) is 0 Å². The molecule has 1 atom stereocenters. The summed E-state index contributed by atoms with van der Waals surface area (Å²) in [7, 11) is 2.14. The van der Waals surface area contributed by atoms with Gasteiger partial charge in [-0.2, -0.15) is 0 Å². The molecule has 0 spiro atoms. The minimum absolute atomic E-state index is 0.365. The SMILES string of the molecule is Cc1[nH]c2cccc([S+](N)[O-])c2c1-c1nnc(N(C)C)c(NCc2cccc(B(O)O)c2)n1. The van der Waals surface area contributed by atoms with E-state index in [1.165, 1.54) is 0 Å². The molecule has 33 heavy (non-hydrogen) atoms. The fourth-order valence-electron chi connectivity index (χ4n) is 3.69. The maximum absolute atomic E-state index is 12.2. The number of hydrogen-bond acceptors (Lipinski definition) is 9. The van der Waals surface area contributed by atoms with Crippen LogP contribution in [0.25, 0.3) is 22.3 Å². The number of nitrogens with zero attached hydrogens (tertiary/aromatic N) is 4. The Bertz CT molecular complexity index is 1300. The molecule has 0 saturated carbocycles. The third-order valence-electron chi connectivity index (χ3n) is 5.22. The monoisotopic (exact) mass is 465 g/mol. The van der Waals surface area contributed by atoms with E-state index >= 15 is 0 Å². The highest BCUT2D eigenvalue weighted by Gasteiger charge is 2.23. The minimum atomic E-state index is -1.69. The van der Waals surface area contributed by atoms with Gasteiger partial charge in [-0.25, -0.2) is 4.98 Å². The van der Waals surface area contributed by atoms with Crippen molar-refractivity contribution in [2.45, 2.75) is 18.4 Å². The van der Waals surface area contributed by atoms with Crippen molar-refractivity contribution in [2.75, 3.05) is 24.3 Å². The molecular formula is C21H24BN7O3S. The van der Waals surface area contributed by atoms with Crippen molar-refractivity contribution >= 4 is 46.5 Å². The van der Waals surface area contributed by atoms with E-state index in [0.29, 0.717) is 45.3 Å². The zero-order chi connectivity index (χ0) is 23.7. The molecule has 0 radical (unpaired) electrons. The maximum atomic E-state index is 12.2. The average molecular weight is 465 g/mol. The first-order valence-corrected chi connectivity index (χ1v) is 11.4. The minimum Gasteiger partial charge on any atom is -0.593 e. The molecule has 4 rings (SSSR count). The van der Waals surface area contributed by atoms with Crippen LogP contribution >= 0.6 is 0 Å². The maximum Gasteiger partial charge on any atom is 0.488 e. The van der Waals surface area contributed by atoms with Crippen LogP contribution in [-0.4, -0.2) is 56.0 Å². The smallest absolute Gasteiger partial charge is 0.488 e. The molecule has 6 N–H and O–H groups in total. The van der Waals surface area contributed by atoms with E-state index in [9.17, 15) is 14.6 Å². The highest BCUT2D eigenvalue weighted by molar-refractivity contribution is 7.89. The predicted octanol–water partition coefficient (Wildman–Crippen LogP) is 0.668. The summed E-state index contributed by atoms with van der Waals surface area (Å²) in [5.74, 6) is 1.40. The second-order valence-electron chi connectivity index (χ2n) is 7.78. The summed E-state index contributed by atoms with van der Waals surface area (Å²) < 4.78 is 12.2. The molecule has 2 heterocycles. The Morgan fingerprint density at radius 1 is 1.18 bits per heavy atom. The number of nitrogens with one attached hydrogen (secondary N) is 2. The van der Waals surface area contributed by atoms with Gasteiger partial charge in [0.05, 0.1) is 27.8 Å². The van der Waals surface area contributed by atoms with Crippen LogP contribution in [-0.2, 0) is 17.9 Å². The predicted molar refractivity (Wildman–Crippen MR) is 130 cm³/mol. The van der Waals surface area contributed by atoms with Crippen molar-refractivity contribution in [3.8, 4) is 11.4 Å². The number of aryl methyl sites for hydroxylation is 1. The first-order valence-electron chi connectivity index (χ1n) is 10.1. The van der Waals surface area contributed by atoms with Gasteiger partial charge in [0, 0.05) is 26.3 Å². The summed E-state index contributed by atoms with van der Waals surface area (Å²) in [6, 6.07) is 12.4. The Labute approximate surface area is 194 Å². The number of anilines is 2. The summed E-state index contributed by atoms with van der Waals surface area (Å²) in [4.78, 5) is 10.3. The Kier molecular flexibility index (Phi) is 6.54. The lowest BCUT2D eigenvalue weighted by molar-refractivity contribution is 0.425. The summed E-state index contributed by atoms with van der Waals surface area (Å²) in [5, 5.41) is 37.3. The molecule has 170 valence electrons. The fourth-order valence-corrected chi connectivity index (χ4v) is 4.31. The van der Waals surface area contributed by atoms with Gasteiger partial charge >= 0.3 is 7.12 Å². The van der Waals surface area contributed by atoms with Gasteiger partial charge in [-0.1, -0.05) is 30.3 Å². The molecule has 10 nitrogen and oxygen atoms in total. The molecular weight excluding hydrogens is 441 g/mol. The number of aromatic amines is 1. The van der Waals surface area contributed by atoms with Crippen molar-refractivity contribution in [2.24, 2.45) is 5.14 Å². The van der Waals surface area contributed by atoms with Crippen molar-refractivity contribution in [1.29, 1.82) is 0 Å². The number of aromatic nitrogens is 4. The van der Waals surface area contributed by atoms with Crippen LogP contribution in [0.5, 0.6) is 0 Å². The molecule has 2 aromatic heterocycles. The quantitative estimate of drug-likeness (QED) is 0.195. The number of nitrogens with two attached hydrogens (primary N) is 1. The van der Waals surface area contributed by atoms with Gasteiger partial charge in [0.15, 0.2) is 22.4 Å². The van der Waals surface area contributed by atoms with Crippen LogP contribution in [0.3, 0.4) is 0 Å². The largest absolute Gasteiger partial charge is 0.593 e. The van der Waals surface area contributed by atoms with Crippen molar-refractivity contribution < 1.29 is 14.6 Å². The number of fused-ring (bicyclic) bond motifs is 1. The lowest BCUT2D eigenvalue weighted by Crippen LogP contribution is -2.30. The van der Waals surface area contributed by atoms with Crippen LogP contribution in [0.15, 0.2) is 47.4 Å². The first kappa shape index (κ1) is 23.0. The third kappa shape index (κ3) is 4.65. The molecule has 0 aliphatic carbocycles. The van der Waals surface area contributed by atoms with E-state index in [2.05, 4.69) is 20.5 Å². The van der Waals surface area contributed by atoms with Crippen LogP contribution in [0.2, 0.25) is 0 Å². The first-order chi connectivity index (χ1) is 15.8. The molecule has 0 bridgehead atoms. The van der Waals surface area contributed by atoms with Crippen LogP contribution in [0, 0.1) is 6.92 Å². The molecule has 0 amide bonds. The Balaban J connectivity index is 1.76. The van der Waals surface area contributed by atoms with Gasteiger partial charge in [0.25, 0.3) is 0 Å². The highest BCUT2D eigenvalue weighted by Crippen LogP contribution is 2.35. The molecule has 0 saturated heterocycles.